The van der Waals surface area contributed by atoms with E-state index in [1.54, 1.807) is 28.9 Å². The molecular weight excluding hydrogens is 516 g/mol. The predicted molar refractivity (Wildman–Crippen MR) is 150 cm³/mol. The van der Waals surface area contributed by atoms with Crippen molar-refractivity contribution in [2.45, 2.75) is 32.7 Å². The molecule has 4 aromatic rings. The van der Waals surface area contributed by atoms with Gasteiger partial charge in [0, 0.05) is 23.6 Å². The quantitative estimate of drug-likeness (QED) is 0.316. The molecule has 8 nitrogen and oxygen atoms in total. The first-order valence-corrected chi connectivity index (χ1v) is 12.9. The lowest BCUT2D eigenvalue weighted by molar-refractivity contribution is -0.117. The van der Waals surface area contributed by atoms with Gasteiger partial charge in [-0.15, -0.1) is 0 Å². The summed E-state index contributed by atoms with van der Waals surface area (Å²) in [6.07, 6.45) is 0. The van der Waals surface area contributed by atoms with E-state index >= 15 is 0 Å². The number of anilines is 1. The van der Waals surface area contributed by atoms with E-state index in [-0.39, 0.29) is 37.1 Å². The maximum Gasteiger partial charge on any atom is 0.254 e. The van der Waals surface area contributed by atoms with Crippen LogP contribution < -0.4 is 14.8 Å². The number of ether oxygens (including phenoxy) is 2. The number of fused-ring (bicyclic) bond motifs is 1. The van der Waals surface area contributed by atoms with E-state index in [1.165, 1.54) is 4.90 Å². The largest absolute Gasteiger partial charge is 0.454 e. The molecule has 0 saturated carbocycles. The van der Waals surface area contributed by atoms with E-state index in [1.807, 2.05) is 75.4 Å². The third-order valence-electron chi connectivity index (χ3n) is 6.28. The van der Waals surface area contributed by atoms with Crippen molar-refractivity contribution in [1.29, 1.82) is 0 Å². The van der Waals surface area contributed by atoms with Gasteiger partial charge in [0.1, 0.15) is 12.4 Å². The van der Waals surface area contributed by atoms with Gasteiger partial charge < -0.3 is 19.7 Å². The number of carbonyl (C=O) groups excluding carboxylic acids is 2. The molecule has 5 rings (SSSR count). The average Bonchev–Trinajstić information content (AvgIpc) is 3.55. The second-order valence-electron chi connectivity index (χ2n) is 10.3. The Morgan fingerprint density at radius 1 is 0.974 bits per heavy atom. The minimum Gasteiger partial charge on any atom is -0.454 e. The van der Waals surface area contributed by atoms with Crippen molar-refractivity contribution in [1.82, 2.24) is 14.7 Å². The van der Waals surface area contributed by atoms with Gasteiger partial charge in [-0.2, -0.15) is 5.10 Å². The minimum absolute atomic E-state index is 0.110. The summed E-state index contributed by atoms with van der Waals surface area (Å²) in [5.41, 5.74) is 2.47. The van der Waals surface area contributed by atoms with Crippen molar-refractivity contribution in [2.24, 2.45) is 0 Å². The summed E-state index contributed by atoms with van der Waals surface area (Å²) in [6.45, 7) is 6.31. The molecule has 2 heterocycles. The SMILES string of the molecule is CC(C)(C)c1cc(NC(=O)CN(Cc2ccccc2)C(=O)c2ccc3c(c2)OCO3)n(-c2ccccc2Cl)n1. The molecule has 0 fully saturated rings. The normalized spacial score (nSPS) is 12.3. The summed E-state index contributed by atoms with van der Waals surface area (Å²) in [5, 5.41) is 8.20. The Morgan fingerprint density at radius 2 is 1.69 bits per heavy atom. The molecule has 0 unspecified atom stereocenters. The van der Waals surface area contributed by atoms with Gasteiger partial charge in [0.15, 0.2) is 11.5 Å². The number of amides is 2. The van der Waals surface area contributed by atoms with E-state index in [0.29, 0.717) is 33.6 Å². The van der Waals surface area contributed by atoms with Crippen molar-refractivity contribution in [3.63, 3.8) is 0 Å². The maximum atomic E-state index is 13.6. The molecule has 2 amide bonds. The summed E-state index contributed by atoms with van der Waals surface area (Å²) in [5.74, 6) is 0.883. The lowest BCUT2D eigenvalue weighted by Crippen LogP contribution is -2.37. The number of para-hydroxylation sites is 1. The zero-order valence-corrected chi connectivity index (χ0v) is 22.7. The smallest absolute Gasteiger partial charge is 0.254 e. The Balaban J connectivity index is 1.43. The summed E-state index contributed by atoms with van der Waals surface area (Å²) in [7, 11) is 0. The first kappa shape index (κ1) is 26.3. The Morgan fingerprint density at radius 3 is 2.44 bits per heavy atom. The molecule has 0 aliphatic carbocycles. The molecule has 200 valence electrons. The third kappa shape index (κ3) is 5.91. The maximum absolute atomic E-state index is 13.6. The molecule has 1 aliphatic rings. The first-order chi connectivity index (χ1) is 18.7. The van der Waals surface area contributed by atoms with Gasteiger partial charge in [-0.25, -0.2) is 4.68 Å². The van der Waals surface area contributed by atoms with Crippen LogP contribution in [-0.2, 0) is 16.8 Å². The molecule has 3 aromatic carbocycles. The molecule has 0 saturated heterocycles. The van der Waals surface area contributed by atoms with Crippen LogP contribution in [0.4, 0.5) is 5.82 Å². The summed E-state index contributed by atoms with van der Waals surface area (Å²) >= 11 is 6.47. The number of halogens is 1. The van der Waals surface area contributed by atoms with Crippen molar-refractivity contribution < 1.29 is 19.1 Å². The van der Waals surface area contributed by atoms with Crippen molar-refractivity contribution >= 4 is 29.2 Å². The zero-order chi connectivity index (χ0) is 27.6. The van der Waals surface area contributed by atoms with E-state index in [9.17, 15) is 9.59 Å². The van der Waals surface area contributed by atoms with Crippen LogP contribution in [0.25, 0.3) is 5.69 Å². The Kier molecular flexibility index (Phi) is 7.30. The number of rotatable bonds is 7. The standard InChI is InChI=1S/C30H29ClN4O4/c1-30(2,3)26-16-27(35(33-26)23-12-8-7-11-22(23)31)32-28(36)18-34(17-20-9-5-4-6-10-20)29(37)21-13-14-24-25(15-21)39-19-38-24/h4-16H,17-19H2,1-3H3,(H,32,36). The number of carbonyl (C=O) groups is 2. The van der Waals surface area contributed by atoms with Gasteiger partial charge in [-0.3, -0.25) is 9.59 Å². The van der Waals surface area contributed by atoms with E-state index in [0.717, 1.165) is 11.3 Å². The molecule has 0 atom stereocenters. The van der Waals surface area contributed by atoms with Gasteiger partial charge in [-0.05, 0) is 35.9 Å². The lowest BCUT2D eigenvalue weighted by Gasteiger charge is -2.23. The highest BCUT2D eigenvalue weighted by Gasteiger charge is 2.25. The summed E-state index contributed by atoms with van der Waals surface area (Å²) in [4.78, 5) is 28.6. The van der Waals surface area contributed by atoms with Crippen LogP contribution in [-0.4, -0.2) is 39.8 Å². The van der Waals surface area contributed by atoms with Crippen LogP contribution in [0, 0.1) is 0 Å². The van der Waals surface area contributed by atoms with Crippen LogP contribution in [0.3, 0.4) is 0 Å². The van der Waals surface area contributed by atoms with Crippen LogP contribution in [0.5, 0.6) is 11.5 Å². The van der Waals surface area contributed by atoms with E-state index in [4.69, 9.17) is 26.2 Å². The first-order valence-electron chi connectivity index (χ1n) is 12.6. The van der Waals surface area contributed by atoms with Gasteiger partial charge in [0.05, 0.1) is 16.4 Å². The molecule has 0 spiro atoms. The fourth-order valence-corrected chi connectivity index (χ4v) is 4.43. The average molecular weight is 545 g/mol. The van der Waals surface area contributed by atoms with E-state index < -0.39 is 0 Å². The Bertz CT molecular complexity index is 1510. The Labute approximate surface area is 232 Å². The predicted octanol–water partition coefficient (Wildman–Crippen LogP) is 5.83. The molecule has 1 N–H and O–H groups in total. The molecular formula is C30H29ClN4O4. The van der Waals surface area contributed by atoms with Crippen LogP contribution in [0.2, 0.25) is 5.02 Å². The molecule has 1 aromatic heterocycles. The van der Waals surface area contributed by atoms with Gasteiger partial charge in [0.2, 0.25) is 12.7 Å². The number of hydrogen-bond donors (Lipinski definition) is 1. The zero-order valence-electron chi connectivity index (χ0n) is 22.0. The lowest BCUT2D eigenvalue weighted by atomic mass is 9.92. The molecule has 39 heavy (non-hydrogen) atoms. The molecule has 9 heteroatoms. The van der Waals surface area contributed by atoms with Gasteiger partial charge >= 0.3 is 0 Å². The highest BCUT2D eigenvalue weighted by Crippen LogP contribution is 2.33. The van der Waals surface area contributed by atoms with Gasteiger partial charge in [0.25, 0.3) is 5.91 Å². The van der Waals surface area contributed by atoms with Crippen molar-refractivity contribution in [3.05, 3.63) is 101 Å². The number of nitrogens with zero attached hydrogens (tertiary/aromatic N) is 3. The number of benzene rings is 3. The highest BCUT2D eigenvalue weighted by atomic mass is 35.5. The fraction of sp³-hybridized carbons (Fsp3) is 0.233. The Hall–Kier alpha value is -4.30. The number of aromatic nitrogens is 2. The summed E-state index contributed by atoms with van der Waals surface area (Å²) in [6, 6.07) is 23.7. The fourth-order valence-electron chi connectivity index (χ4n) is 4.21. The van der Waals surface area contributed by atoms with Crippen LogP contribution >= 0.6 is 11.6 Å². The molecule has 1 aliphatic heterocycles. The monoisotopic (exact) mass is 544 g/mol. The van der Waals surface area contributed by atoms with Crippen LogP contribution in [0.15, 0.2) is 78.9 Å². The second-order valence-corrected chi connectivity index (χ2v) is 10.7. The van der Waals surface area contributed by atoms with Crippen molar-refractivity contribution in [2.75, 3.05) is 18.7 Å². The molecule has 0 radical (unpaired) electrons. The van der Waals surface area contributed by atoms with Crippen LogP contribution in [0.1, 0.15) is 42.4 Å². The van der Waals surface area contributed by atoms with Gasteiger partial charge in [-0.1, -0.05) is 74.8 Å². The van der Waals surface area contributed by atoms with Crippen molar-refractivity contribution in [3.8, 4) is 17.2 Å². The number of nitrogens with one attached hydrogen (secondary N) is 1. The van der Waals surface area contributed by atoms with E-state index in [2.05, 4.69) is 5.32 Å². The third-order valence-corrected chi connectivity index (χ3v) is 6.60. The highest BCUT2D eigenvalue weighted by molar-refractivity contribution is 6.32. The second kappa shape index (κ2) is 10.8. The minimum atomic E-state index is -0.367. The number of hydrogen-bond acceptors (Lipinski definition) is 5. The topological polar surface area (TPSA) is 85.7 Å². The molecule has 0 bridgehead atoms. The summed E-state index contributed by atoms with van der Waals surface area (Å²) < 4.78 is 12.4.